The standard InChI is InChI=1S/C12H14N2O3/c1-9(8-17-2)11(15)14-12(16)13-10-6-4-3-5-7-10/h3-8H,1-2H3,(H2,13,14,15,16). The predicted molar refractivity (Wildman–Crippen MR) is 64.4 cm³/mol. The Labute approximate surface area is 99.5 Å². The Kier molecular flexibility index (Phi) is 4.75. The molecule has 0 unspecified atom stereocenters. The molecule has 0 aliphatic carbocycles. The zero-order valence-electron chi connectivity index (χ0n) is 9.69. The lowest BCUT2D eigenvalue weighted by molar-refractivity contribution is -0.116. The van der Waals surface area contributed by atoms with E-state index in [0.717, 1.165) is 0 Å². The molecule has 2 N–H and O–H groups in total. The normalized spacial score (nSPS) is 10.6. The number of urea groups is 1. The molecule has 17 heavy (non-hydrogen) atoms. The summed E-state index contributed by atoms with van der Waals surface area (Å²) in [5.74, 6) is -0.500. The van der Waals surface area contributed by atoms with Crippen LogP contribution in [0, 0.1) is 0 Å². The van der Waals surface area contributed by atoms with Crippen LogP contribution in [0.2, 0.25) is 0 Å². The number of anilines is 1. The molecule has 0 spiro atoms. The van der Waals surface area contributed by atoms with Crippen LogP contribution in [0.5, 0.6) is 0 Å². The van der Waals surface area contributed by atoms with E-state index in [1.54, 1.807) is 31.2 Å². The number of nitrogens with one attached hydrogen (secondary N) is 2. The van der Waals surface area contributed by atoms with Crippen molar-refractivity contribution in [2.24, 2.45) is 0 Å². The smallest absolute Gasteiger partial charge is 0.326 e. The molecule has 5 heteroatoms. The molecule has 5 nitrogen and oxygen atoms in total. The summed E-state index contributed by atoms with van der Waals surface area (Å²) in [5.41, 5.74) is 0.932. The van der Waals surface area contributed by atoms with Crippen LogP contribution >= 0.6 is 0 Å². The van der Waals surface area contributed by atoms with E-state index < -0.39 is 11.9 Å². The molecule has 0 radical (unpaired) electrons. The minimum absolute atomic E-state index is 0.315. The van der Waals surface area contributed by atoms with E-state index in [9.17, 15) is 9.59 Å². The van der Waals surface area contributed by atoms with E-state index >= 15 is 0 Å². The van der Waals surface area contributed by atoms with Crippen LogP contribution in [-0.2, 0) is 9.53 Å². The zero-order chi connectivity index (χ0) is 12.7. The number of rotatable bonds is 3. The molecule has 0 saturated carbocycles. The molecule has 0 aliphatic rings. The van der Waals surface area contributed by atoms with Crippen molar-refractivity contribution in [3.8, 4) is 0 Å². The summed E-state index contributed by atoms with van der Waals surface area (Å²) in [4.78, 5) is 22.8. The van der Waals surface area contributed by atoms with Gasteiger partial charge in [-0.1, -0.05) is 18.2 Å². The lowest BCUT2D eigenvalue weighted by atomic mass is 10.3. The Bertz CT molecular complexity index is 427. The molecule has 0 heterocycles. The fraction of sp³-hybridized carbons (Fsp3) is 0.167. The van der Waals surface area contributed by atoms with Gasteiger partial charge in [-0.3, -0.25) is 10.1 Å². The highest BCUT2D eigenvalue weighted by Gasteiger charge is 2.09. The first-order valence-corrected chi connectivity index (χ1v) is 5.00. The van der Waals surface area contributed by atoms with Gasteiger partial charge in [0.15, 0.2) is 0 Å². The highest BCUT2D eigenvalue weighted by molar-refractivity contribution is 6.07. The van der Waals surface area contributed by atoms with E-state index in [-0.39, 0.29) is 0 Å². The van der Waals surface area contributed by atoms with Gasteiger partial charge < -0.3 is 10.1 Å². The summed E-state index contributed by atoms with van der Waals surface area (Å²) in [6.45, 7) is 1.55. The Morgan fingerprint density at radius 3 is 2.47 bits per heavy atom. The van der Waals surface area contributed by atoms with Gasteiger partial charge >= 0.3 is 6.03 Å². The summed E-state index contributed by atoms with van der Waals surface area (Å²) < 4.78 is 4.67. The van der Waals surface area contributed by atoms with E-state index in [0.29, 0.717) is 11.3 Å². The maximum atomic E-state index is 11.4. The monoisotopic (exact) mass is 234 g/mol. The third kappa shape index (κ3) is 4.38. The second kappa shape index (κ2) is 6.32. The van der Waals surface area contributed by atoms with Crippen LogP contribution in [-0.4, -0.2) is 19.0 Å². The number of ether oxygens (including phenoxy) is 1. The second-order valence-corrected chi connectivity index (χ2v) is 3.31. The average molecular weight is 234 g/mol. The number of hydrogen-bond acceptors (Lipinski definition) is 3. The summed E-state index contributed by atoms with van der Waals surface area (Å²) in [5, 5.41) is 4.71. The van der Waals surface area contributed by atoms with Crippen LogP contribution in [0.15, 0.2) is 42.2 Å². The maximum Gasteiger partial charge on any atom is 0.326 e. The molecule has 1 aromatic rings. The van der Waals surface area contributed by atoms with Gasteiger partial charge in [-0.2, -0.15) is 0 Å². The Morgan fingerprint density at radius 2 is 1.88 bits per heavy atom. The maximum absolute atomic E-state index is 11.4. The van der Waals surface area contributed by atoms with Crippen molar-refractivity contribution >= 4 is 17.6 Å². The molecule has 0 fully saturated rings. The molecular weight excluding hydrogens is 220 g/mol. The van der Waals surface area contributed by atoms with Crippen molar-refractivity contribution in [1.29, 1.82) is 0 Å². The Balaban J connectivity index is 2.51. The third-order valence-electron chi connectivity index (χ3n) is 1.91. The van der Waals surface area contributed by atoms with E-state index in [1.807, 2.05) is 6.07 Å². The van der Waals surface area contributed by atoms with Crippen molar-refractivity contribution in [2.75, 3.05) is 12.4 Å². The Hall–Kier alpha value is -2.30. The average Bonchev–Trinajstić information content (AvgIpc) is 2.30. The quantitative estimate of drug-likeness (QED) is 0.620. The number of carbonyl (C=O) groups excluding carboxylic acids is 2. The van der Waals surface area contributed by atoms with Crippen molar-refractivity contribution in [1.82, 2.24) is 5.32 Å². The first kappa shape index (κ1) is 12.8. The Morgan fingerprint density at radius 1 is 1.24 bits per heavy atom. The molecule has 0 aromatic heterocycles. The van der Waals surface area contributed by atoms with E-state index in [2.05, 4.69) is 15.4 Å². The zero-order valence-corrected chi connectivity index (χ0v) is 9.69. The number of para-hydroxylation sites is 1. The first-order valence-electron chi connectivity index (χ1n) is 5.00. The van der Waals surface area contributed by atoms with Gasteiger partial charge in [-0.05, 0) is 19.1 Å². The fourth-order valence-electron chi connectivity index (χ4n) is 1.12. The molecule has 0 aliphatic heterocycles. The van der Waals surface area contributed by atoms with Gasteiger partial charge in [0, 0.05) is 11.3 Å². The third-order valence-corrected chi connectivity index (χ3v) is 1.91. The largest absolute Gasteiger partial charge is 0.504 e. The molecule has 90 valence electrons. The SMILES string of the molecule is COC=C(C)C(=O)NC(=O)Nc1ccccc1. The van der Waals surface area contributed by atoms with Crippen LogP contribution in [0.1, 0.15) is 6.92 Å². The number of hydrogen-bond donors (Lipinski definition) is 2. The highest BCUT2D eigenvalue weighted by Crippen LogP contribution is 2.04. The van der Waals surface area contributed by atoms with Crippen LogP contribution in [0.4, 0.5) is 10.5 Å². The summed E-state index contributed by atoms with van der Waals surface area (Å²) in [6, 6.07) is 8.27. The number of imide groups is 1. The molecule has 0 bridgehead atoms. The lowest BCUT2D eigenvalue weighted by Gasteiger charge is -2.06. The number of benzene rings is 1. The topological polar surface area (TPSA) is 67.4 Å². The summed E-state index contributed by atoms with van der Waals surface area (Å²) in [6.07, 6.45) is 1.27. The molecule has 1 rings (SSSR count). The van der Waals surface area contributed by atoms with Gasteiger partial charge in [0.25, 0.3) is 5.91 Å². The summed E-state index contributed by atoms with van der Waals surface area (Å²) in [7, 11) is 1.43. The van der Waals surface area contributed by atoms with Gasteiger partial charge in [0.1, 0.15) is 0 Å². The number of methoxy groups -OCH3 is 1. The van der Waals surface area contributed by atoms with Crippen molar-refractivity contribution in [3.63, 3.8) is 0 Å². The van der Waals surface area contributed by atoms with E-state index in [1.165, 1.54) is 13.4 Å². The minimum atomic E-state index is -0.579. The molecule has 1 aromatic carbocycles. The first-order chi connectivity index (χ1) is 8.13. The highest BCUT2D eigenvalue weighted by atomic mass is 16.5. The molecule has 0 atom stereocenters. The van der Waals surface area contributed by atoms with Gasteiger partial charge in [-0.15, -0.1) is 0 Å². The van der Waals surface area contributed by atoms with Crippen LogP contribution in [0.3, 0.4) is 0 Å². The van der Waals surface area contributed by atoms with Gasteiger partial charge in [0.2, 0.25) is 0 Å². The molecular formula is C12H14N2O3. The molecule has 3 amide bonds. The number of carbonyl (C=O) groups is 2. The van der Waals surface area contributed by atoms with Crippen LogP contribution < -0.4 is 10.6 Å². The molecule has 0 saturated heterocycles. The van der Waals surface area contributed by atoms with Crippen LogP contribution in [0.25, 0.3) is 0 Å². The summed E-state index contributed by atoms with van der Waals surface area (Å²) >= 11 is 0. The predicted octanol–water partition coefficient (Wildman–Crippen LogP) is 1.88. The van der Waals surface area contributed by atoms with Gasteiger partial charge in [0.05, 0.1) is 13.4 Å². The van der Waals surface area contributed by atoms with Crippen molar-refractivity contribution in [3.05, 3.63) is 42.2 Å². The lowest BCUT2D eigenvalue weighted by Crippen LogP contribution is -2.34. The van der Waals surface area contributed by atoms with Gasteiger partial charge in [-0.25, -0.2) is 4.79 Å². The fourth-order valence-corrected chi connectivity index (χ4v) is 1.12. The minimum Gasteiger partial charge on any atom is -0.504 e. The van der Waals surface area contributed by atoms with Crippen molar-refractivity contribution in [2.45, 2.75) is 6.92 Å². The number of amides is 3. The van der Waals surface area contributed by atoms with Crippen molar-refractivity contribution < 1.29 is 14.3 Å². The van der Waals surface area contributed by atoms with E-state index in [4.69, 9.17) is 0 Å². The second-order valence-electron chi connectivity index (χ2n) is 3.31.